The molecule has 0 saturated carbocycles. The summed E-state index contributed by atoms with van der Waals surface area (Å²) in [5.74, 6) is -0.832. The van der Waals surface area contributed by atoms with Gasteiger partial charge in [-0.2, -0.15) is 0 Å². The molecule has 0 aliphatic carbocycles. The van der Waals surface area contributed by atoms with E-state index in [-0.39, 0.29) is 22.5 Å². The van der Waals surface area contributed by atoms with Crippen molar-refractivity contribution < 1.29 is 23.5 Å². The predicted octanol–water partition coefficient (Wildman–Crippen LogP) is 7.23. The summed E-state index contributed by atoms with van der Waals surface area (Å²) in [7, 11) is -2.65. The van der Waals surface area contributed by atoms with Crippen LogP contribution in [-0.2, 0) is 4.43 Å². The van der Waals surface area contributed by atoms with Crippen LogP contribution in [0, 0.1) is 12.7 Å². The first-order valence-electron chi connectivity index (χ1n) is 13.6. The second-order valence-corrected chi connectivity index (χ2v) is 15.5. The average molecular weight is 557 g/mol. The molecule has 208 valence electrons. The third-order valence-corrected chi connectivity index (χ3v) is 12.3. The van der Waals surface area contributed by atoms with Crippen molar-refractivity contribution in [3.05, 3.63) is 114 Å². The number of aromatic carboxylic acids is 1. The number of hydrogen-bond donors (Lipinski definition) is 1. The van der Waals surface area contributed by atoms with Gasteiger partial charge in [0.25, 0.3) is 8.32 Å². The highest BCUT2D eigenvalue weighted by Gasteiger charge is 2.50. The molecule has 6 heteroatoms. The standard InChI is InChI=1S/C34H37FO4Si/c1-24-22-26(16-18-30(24)33(36)37)31-23-27(35)17-19-32(31)39-25(2)20-21-38-40(34(3,4)5,28-12-8-6-9-13-28)29-14-10-7-11-15-29/h6-19,22-23,25H,20-21H2,1-5H3,(H,36,37)/t25-/m1/s1. The van der Waals surface area contributed by atoms with Crippen molar-refractivity contribution in [1.29, 1.82) is 0 Å². The Balaban J connectivity index is 1.57. The van der Waals surface area contributed by atoms with E-state index in [9.17, 15) is 14.3 Å². The van der Waals surface area contributed by atoms with Crippen LogP contribution in [-0.4, -0.2) is 32.1 Å². The van der Waals surface area contributed by atoms with Gasteiger partial charge in [-0.25, -0.2) is 9.18 Å². The molecule has 4 aromatic rings. The highest BCUT2D eigenvalue weighted by molar-refractivity contribution is 6.99. The molecule has 0 spiro atoms. The first-order valence-corrected chi connectivity index (χ1v) is 15.5. The van der Waals surface area contributed by atoms with Gasteiger partial charge in [0.2, 0.25) is 0 Å². The number of rotatable bonds is 10. The molecule has 4 aromatic carbocycles. The maximum Gasteiger partial charge on any atom is 0.335 e. The number of ether oxygens (including phenoxy) is 1. The molecule has 0 aromatic heterocycles. The van der Waals surface area contributed by atoms with Gasteiger partial charge in [-0.05, 0) is 64.7 Å². The van der Waals surface area contributed by atoms with E-state index in [1.807, 2.05) is 19.1 Å². The Bertz CT molecular complexity index is 1410. The van der Waals surface area contributed by atoms with Gasteiger partial charge in [-0.3, -0.25) is 0 Å². The Morgan fingerprint density at radius 1 is 0.900 bits per heavy atom. The Labute approximate surface area is 237 Å². The topological polar surface area (TPSA) is 55.8 Å². The van der Waals surface area contributed by atoms with Crippen molar-refractivity contribution in [3.63, 3.8) is 0 Å². The van der Waals surface area contributed by atoms with E-state index in [1.54, 1.807) is 31.2 Å². The Morgan fingerprint density at radius 3 is 2.02 bits per heavy atom. The van der Waals surface area contributed by atoms with Crippen molar-refractivity contribution in [2.24, 2.45) is 0 Å². The van der Waals surface area contributed by atoms with E-state index in [1.165, 1.54) is 22.5 Å². The van der Waals surface area contributed by atoms with Crippen LogP contribution >= 0.6 is 0 Å². The molecule has 1 atom stereocenters. The molecule has 0 aliphatic heterocycles. The summed E-state index contributed by atoms with van der Waals surface area (Å²) in [4.78, 5) is 11.5. The molecular weight excluding hydrogens is 519 g/mol. The minimum Gasteiger partial charge on any atom is -0.490 e. The second kappa shape index (κ2) is 12.2. The summed E-state index contributed by atoms with van der Waals surface area (Å²) in [6.45, 7) is 11.0. The zero-order valence-corrected chi connectivity index (χ0v) is 24.8. The molecule has 0 amide bonds. The van der Waals surface area contributed by atoms with Crippen LogP contribution in [0.15, 0.2) is 97.1 Å². The minimum atomic E-state index is -2.65. The zero-order valence-electron chi connectivity index (χ0n) is 23.8. The van der Waals surface area contributed by atoms with Gasteiger partial charge in [-0.15, -0.1) is 0 Å². The summed E-state index contributed by atoms with van der Waals surface area (Å²) in [5.41, 5.74) is 2.11. The van der Waals surface area contributed by atoms with Crippen molar-refractivity contribution in [2.75, 3.05) is 6.61 Å². The lowest BCUT2D eigenvalue weighted by Crippen LogP contribution is -2.66. The van der Waals surface area contributed by atoms with Crippen molar-refractivity contribution in [1.82, 2.24) is 0 Å². The molecule has 0 fully saturated rings. The average Bonchev–Trinajstić information content (AvgIpc) is 2.92. The molecule has 4 rings (SSSR count). The van der Waals surface area contributed by atoms with Crippen LogP contribution in [0.3, 0.4) is 0 Å². The van der Waals surface area contributed by atoms with Crippen LogP contribution < -0.4 is 15.1 Å². The number of hydrogen-bond acceptors (Lipinski definition) is 3. The first-order chi connectivity index (χ1) is 19.0. The summed E-state index contributed by atoms with van der Waals surface area (Å²) in [5, 5.41) is 11.7. The highest BCUT2D eigenvalue weighted by atomic mass is 28.4. The number of carboxylic acids is 1. The molecule has 4 nitrogen and oxygen atoms in total. The van der Waals surface area contributed by atoms with Gasteiger partial charge in [0.05, 0.1) is 11.7 Å². The van der Waals surface area contributed by atoms with Crippen molar-refractivity contribution in [3.8, 4) is 16.9 Å². The van der Waals surface area contributed by atoms with E-state index >= 15 is 0 Å². The fraction of sp³-hybridized carbons (Fsp3) is 0.265. The molecule has 0 unspecified atom stereocenters. The van der Waals surface area contributed by atoms with Crippen LogP contribution in [0.25, 0.3) is 11.1 Å². The van der Waals surface area contributed by atoms with Crippen LogP contribution in [0.5, 0.6) is 5.75 Å². The summed E-state index contributed by atoms with van der Waals surface area (Å²) in [6, 6.07) is 30.5. The lowest BCUT2D eigenvalue weighted by atomic mass is 9.99. The number of halogens is 1. The highest BCUT2D eigenvalue weighted by Crippen LogP contribution is 2.37. The molecule has 0 bridgehead atoms. The van der Waals surface area contributed by atoms with Crippen molar-refractivity contribution in [2.45, 2.75) is 52.2 Å². The van der Waals surface area contributed by atoms with Crippen LogP contribution in [0.4, 0.5) is 4.39 Å². The van der Waals surface area contributed by atoms with Crippen LogP contribution in [0.1, 0.15) is 50.0 Å². The van der Waals surface area contributed by atoms with Crippen molar-refractivity contribution >= 4 is 24.7 Å². The summed E-state index contributed by atoms with van der Waals surface area (Å²) in [6.07, 6.45) is 0.431. The molecule has 40 heavy (non-hydrogen) atoms. The molecule has 0 radical (unpaired) electrons. The Morgan fingerprint density at radius 2 is 1.50 bits per heavy atom. The van der Waals surface area contributed by atoms with E-state index in [0.29, 0.717) is 35.5 Å². The quantitative estimate of drug-likeness (QED) is 0.209. The molecule has 0 heterocycles. The third-order valence-electron chi connectivity index (χ3n) is 7.30. The molecule has 0 aliphatic rings. The summed E-state index contributed by atoms with van der Waals surface area (Å²) >= 11 is 0. The van der Waals surface area contributed by atoms with E-state index in [0.717, 1.165) is 0 Å². The minimum absolute atomic E-state index is 0.121. The number of carbonyl (C=O) groups is 1. The lowest BCUT2D eigenvalue weighted by molar-refractivity contribution is 0.0696. The molecule has 1 N–H and O–H groups in total. The SMILES string of the molecule is Cc1cc(-c2cc(F)ccc2O[C@H](C)CCO[Si](c2ccccc2)(c2ccccc2)C(C)(C)C)ccc1C(=O)O. The smallest absolute Gasteiger partial charge is 0.335 e. The Hall–Kier alpha value is -3.74. The van der Waals surface area contributed by atoms with E-state index in [4.69, 9.17) is 9.16 Å². The van der Waals surface area contributed by atoms with Gasteiger partial charge < -0.3 is 14.3 Å². The second-order valence-electron chi connectivity index (χ2n) is 11.2. The summed E-state index contributed by atoms with van der Waals surface area (Å²) < 4.78 is 27.6. The first kappa shape index (κ1) is 29.2. The van der Waals surface area contributed by atoms with Gasteiger partial charge in [0.15, 0.2) is 0 Å². The predicted molar refractivity (Wildman–Crippen MR) is 162 cm³/mol. The fourth-order valence-electron chi connectivity index (χ4n) is 5.32. The van der Waals surface area contributed by atoms with Gasteiger partial charge in [-0.1, -0.05) is 93.6 Å². The lowest BCUT2D eigenvalue weighted by Gasteiger charge is -2.43. The number of aryl methyl sites for hydroxylation is 1. The van der Waals surface area contributed by atoms with Gasteiger partial charge in [0, 0.05) is 18.6 Å². The molecular formula is C34H37FO4Si. The number of carboxylic acid groups (broad SMARTS) is 1. The maximum atomic E-state index is 14.3. The largest absolute Gasteiger partial charge is 0.490 e. The maximum absolute atomic E-state index is 14.3. The normalized spacial score (nSPS) is 12.7. The van der Waals surface area contributed by atoms with Gasteiger partial charge in [0.1, 0.15) is 11.6 Å². The van der Waals surface area contributed by atoms with E-state index < -0.39 is 14.3 Å². The number of benzene rings is 4. The van der Waals surface area contributed by atoms with Gasteiger partial charge >= 0.3 is 5.97 Å². The van der Waals surface area contributed by atoms with Crippen LogP contribution in [0.2, 0.25) is 5.04 Å². The zero-order chi connectivity index (χ0) is 28.9. The van der Waals surface area contributed by atoms with E-state index in [2.05, 4.69) is 69.3 Å². The third kappa shape index (κ3) is 6.19. The Kier molecular flexibility index (Phi) is 8.91. The molecule has 0 saturated heterocycles. The fourth-order valence-corrected chi connectivity index (χ4v) is 9.90. The monoisotopic (exact) mass is 556 g/mol.